The Morgan fingerprint density at radius 3 is 1.59 bits per heavy atom. The maximum atomic E-state index is 14.2. The predicted octanol–water partition coefficient (Wildman–Crippen LogP) is 5.74. The van der Waals surface area contributed by atoms with E-state index in [0.29, 0.717) is 5.57 Å². The molecule has 2 aromatic rings. The number of halogens is 4. The summed E-state index contributed by atoms with van der Waals surface area (Å²) in [6, 6.07) is 8.78. The number of nitrogens with zero attached hydrogens (tertiary/aromatic N) is 2. The van der Waals surface area contributed by atoms with Gasteiger partial charge in [-0.2, -0.15) is 0 Å². The number of hydrogen-bond acceptors (Lipinski definition) is 6. The second-order valence-electron chi connectivity index (χ2n) is 10.8. The molecule has 0 N–H and O–H groups in total. The number of amides is 4. The highest BCUT2D eigenvalue weighted by Crippen LogP contribution is 2.69. The molecule has 0 radical (unpaired) electrons. The van der Waals surface area contributed by atoms with E-state index in [0.717, 1.165) is 9.80 Å². The Balaban J connectivity index is 1.54. The summed E-state index contributed by atoms with van der Waals surface area (Å²) < 4.78 is 5.39. The van der Waals surface area contributed by atoms with E-state index in [4.69, 9.17) is 51.1 Å². The summed E-state index contributed by atoms with van der Waals surface area (Å²) in [4.78, 5) is 72.1. The number of ether oxygens (including phenoxy) is 1. The Hall–Kier alpha value is -2.91. The Bertz CT molecular complexity index is 1540. The lowest BCUT2D eigenvalue weighted by molar-refractivity contribution is -0.155. The number of rotatable bonds is 4. The average Bonchev–Trinajstić information content (AvgIpc) is 3.34. The smallest absolute Gasteiger partial charge is 0.334 e. The molecular formula is C29H22Cl4N2O6. The van der Waals surface area contributed by atoms with Crippen LogP contribution in [0.5, 0.6) is 0 Å². The molecule has 2 aliphatic heterocycles. The van der Waals surface area contributed by atoms with Crippen LogP contribution in [-0.4, -0.2) is 36.2 Å². The SMILES string of the molecule is CCOC(=O)C1=C(C)C2[C@H]3C(=O)N(c4ccc(Cl)c(Cl)c4)C(=O)[C@@H]3C1(C)[C@H]1C(=O)N(c3ccc(Cl)c(Cl)c3)C(=O)[C@H]21. The average molecular weight is 636 g/mol. The first-order valence-corrected chi connectivity index (χ1v) is 14.4. The van der Waals surface area contributed by atoms with Gasteiger partial charge in [0.05, 0.1) is 61.7 Å². The van der Waals surface area contributed by atoms with Gasteiger partial charge in [-0.25, -0.2) is 14.6 Å². The molecule has 41 heavy (non-hydrogen) atoms. The van der Waals surface area contributed by atoms with Gasteiger partial charge in [0.1, 0.15) is 0 Å². The van der Waals surface area contributed by atoms with Gasteiger partial charge in [-0.3, -0.25) is 19.2 Å². The van der Waals surface area contributed by atoms with Crippen molar-refractivity contribution in [3.05, 3.63) is 67.6 Å². The van der Waals surface area contributed by atoms with Crippen LogP contribution in [0.15, 0.2) is 47.5 Å². The lowest BCUT2D eigenvalue weighted by Gasteiger charge is -2.55. The van der Waals surface area contributed by atoms with Crippen molar-refractivity contribution in [3.8, 4) is 0 Å². The molecule has 1 saturated carbocycles. The molecule has 2 saturated heterocycles. The lowest BCUT2D eigenvalue weighted by Crippen LogP contribution is -2.61. The predicted molar refractivity (Wildman–Crippen MR) is 153 cm³/mol. The lowest BCUT2D eigenvalue weighted by atomic mass is 9.43. The van der Waals surface area contributed by atoms with Gasteiger partial charge in [-0.1, -0.05) is 58.9 Å². The van der Waals surface area contributed by atoms with Gasteiger partial charge in [-0.15, -0.1) is 0 Å². The molecule has 4 atom stereocenters. The molecule has 3 aliphatic carbocycles. The number of benzene rings is 2. The summed E-state index contributed by atoms with van der Waals surface area (Å²) in [5, 5.41) is 0.785. The minimum atomic E-state index is -1.53. The third-order valence-corrected chi connectivity index (χ3v) is 10.5. The van der Waals surface area contributed by atoms with Gasteiger partial charge in [0, 0.05) is 16.9 Å². The Kier molecular flexibility index (Phi) is 6.58. The molecule has 0 aromatic heterocycles. The highest BCUT2D eigenvalue weighted by atomic mass is 35.5. The van der Waals surface area contributed by atoms with E-state index in [9.17, 15) is 24.0 Å². The maximum Gasteiger partial charge on any atom is 0.334 e. The number of allylic oxidation sites excluding steroid dienone is 1. The van der Waals surface area contributed by atoms with Crippen LogP contribution in [0.3, 0.4) is 0 Å². The molecule has 3 fully saturated rings. The number of imide groups is 2. The number of anilines is 2. The molecule has 212 valence electrons. The van der Waals surface area contributed by atoms with Crippen LogP contribution in [0.2, 0.25) is 20.1 Å². The Morgan fingerprint density at radius 2 is 1.20 bits per heavy atom. The molecule has 8 nitrogen and oxygen atoms in total. The highest BCUT2D eigenvalue weighted by Gasteiger charge is 2.77. The number of esters is 1. The molecule has 7 rings (SSSR count). The Morgan fingerprint density at radius 1 is 0.756 bits per heavy atom. The van der Waals surface area contributed by atoms with Gasteiger partial charge in [0.2, 0.25) is 23.6 Å². The minimum absolute atomic E-state index is 0.0586. The van der Waals surface area contributed by atoms with E-state index in [1.807, 2.05) is 0 Å². The first kappa shape index (κ1) is 28.2. The van der Waals surface area contributed by atoms with Crippen molar-refractivity contribution < 1.29 is 28.7 Å². The third kappa shape index (κ3) is 3.63. The zero-order valence-electron chi connectivity index (χ0n) is 21.9. The van der Waals surface area contributed by atoms with Gasteiger partial charge in [0.15, 0.2) is 0 Å². The summed E-state index contributed by atoms with van der Waals surface area (Å²) >= 11 is 24.6. The zero-order valence-corrected chi connectivity index (χ0v) is 24.9. The van der Waals surface area contributed by atoms with E-state index in [-0.39, 0.29) is 43.6 Å². The highest BCUT2D eigenvalue weighted by molar-refractivity contribution is 6.43. The van der Waals surface area contributed by atoms with Gasteiger partial charge >= 0.3 is 5.97 Å². The van der Waals surface area contributed by atoms with E-state index >= 15 is 0 Å². The van der Waals surface area contributed by atoms with Crippen molar-refractivity contribution in [2.45, 2.75) is 20.8 Å². The second kappa shape index (κ2) is 9.56. The van der Waals surface area contributed by atoms with Crippen LogP contribution >= 0.6 is 46.4 Å². The van der Waals surface area contributed by atoms with Crippen molar-refractivity contribution in [2.75, 3.05) is 16.4 Å². The van der Waals surface area contributed by atoms with Crippen molar-refractivity contribution >= 4 is 87.4 Å². The zero-order chi connectivity index (χ0) is 29.7. The van der Waals surface area contributed by atoms with E-state index in [1.54, 1.807) is 20.8 Å². The second-order valence-corrected chi connectivity index (χ2v) is 12.4. The number of carbonyl (C=O) groups excluding carboxylic acids is 5. The van der Waals surface area contributed by atoms with Gasteiger partial charge in [0.25, 0.3) is 0 Å². The molecule has 2 heterocycles. The van der Waals surface area contributed by atoms with Gasteiger partial charge in [-0.05, 0) is 50.2 Å². The molecule has 2 aromatic carbocycles. The van der Waals surface area contributed by atoms with Crippen LogP contribution in [-0.2, 0) is 28.7 Å². The standard InChI is InChI=1S/C29H22Cl4N2O6/c1-4-41-28(40)21-11(2)18-19-22(26(38)34(24(19)36)12-5-7-14(30)16(32)9-12)29(21,3)23-20(18)25(37)35(27(23)39)13-6-8-15(31)17(33)10-13/h5-10,18-20,22-23H,4H2,1-3H3/t18?,19-,20-,22-,23-,29?/m1/s1. The largest absolute Gasteiger partial charge is 0.463 e. The molecule has 12 heteroatoms. The third-order valence-electron chi connectivity index (χ3n) is 9.00. The van der Waals surface area contributed by atoms with E-state index in [1.165, 1.54) is 36.4 Å². The van der Waals surface area contributed by atoms with Crippen LogP contribution < -0.4 is 9.80 Å². The molecule has 4 amide bonds. The van der Waals surface area contributed by atoms with Crippen molar-refractivity contribution in [3.63, 3.8) is 0 Å². The fourth-order valence-corrected chi connectivity index (χ4v) is 8.15. The maximum absolute atomic E-state index is 14.2. The summed E-state index contributed by atoms with van der Waals surface area (Å²) in [6.45, 7) is 4.99. The van der Waals surface area contributed by atoms with Crippen LogP contribution in [0.1, 0.15) is 20.8 Å². The normalized spacial score (nSPS) is 30.4. The first-order valence-electron chi connectivity index (χ1n) is 12.9. The van der Waals surface area contributed by atoms with E-state index < -0.39 is 64.6 Å². The van der Waals surface area contributed by atoms with E-state index in [2.05, 4.69) is 0 Å². The van der Waals surface area contributed by atoms with Crippen molar-refractivity contribution in [2.24, 2.45) is 35.0 Å². The quantitative estimate of drug-likeness (QED) is 0.314. The Labute approximate surface area is 255 Å². The minimum Gasteiger partial charge on any atom is -0.463 e. The summed E-state index contributed by atoms with van der Waals surface area (Å²) in [6.07, 6.45) is 0. The molecule has 5 aliphatic rings. The van der Waals surface area contributed by atoms with Crippen molar-refractivity contribution in [1.29, 1.82) is 0 Å². The summed E-state index contributed by atoms with van der Waals surface area (Å²) in [7, 11) is 0. The monoisotopic (exact) mass is 634 g/mol. The van der Waals surface area contributed by atoms with Crippen molar-refractivity contribution in [1.82, 2.24) is 0 Å². The van der Waals surface area contributed by atoms with Crippen LogP contribution in [0, 0.1) is 35.0 Å². The fraction of sp³-hybridized carbons (Fsp3) is 0.345. The van der Waals surface area contributed by atoms with Gasteiger partial charge < -0.3 is 4.74 Å². The molecule has 0 unspecified atom stereocenters. The topological polar surface area (TPSA) is 101 Å². The summed E-state index contributed by atoms with van der Waals surface area (Å²) in [5.74, 6) is -8.05. The molecular weight excluding hydrogens is 614 g/mol. The molecule has 0 spiro atoms. The fourth-order valence-electron chi connectivity index (χ4n) is 7.57. The first-order chi connectivity index (χ1) is 19.4. The summed E-state index contributed by atoms with van der Waals surface area (Å²) in [5.41, 5.74) is -0.496. The number of carbonyl (C=O) groups is 5. The van der Waals surface area contributed by atoms with Crippen LogP contribution in [0.25, 0.3) is 0 Å². The molecule has 2 bridgehead atoms. The number of hydrogen-bond donors (Lipinski definition) is 0. The van der Waals surface area contributed by atoms with Crippen LogP contribution in [0.4, 0.5) is 11.4 Å².